The number of aromatic nitrogens is 2. The first kappa shape index (κ1) is 29.3. The average Bonchev–Trinajstić information content (AvgIpc) is 3.20. The van der Waals surface area contributed by atoms with Gasteiger partial charge in [0.25, 0.3) is 0 Å². The zero-order chi connectivity index (χ0) is 33.4. The Morgan fingerprint density at radius 2 is 0.800 bits per heavy atom. The molecule has 232 valence electrons. The van der Waals surface area contributed by atoms with Crippen LogP contribution in [0.5, 0.6) is 0 Å². The molecule has 1 aromatic heterocycles. The Hall–Kier alpha value is -6.89. The van der Waals surface area contributed by atoms with Crippen molar-refractivity contribution in [2.24, 2.45) is 0 Å². The third kappa shape index (κ3) is 5.17. The summed E-state index contributed by atoms with van der Waals surface area (Å²) in [5.41, 5.74) is 13.1. The molecule has 3 heteroatoms. The Labute approximate surface area is 290 Å². The Morgan fingerprint density at radius 1 is 0.340 bits per heavy atom. The van der Waals surface area contributed by atoms with Crippen LogP contribution in [0.1, 0.15) is 5.56 Å². The summed E-state index contributed by atoms with van der Waals surface area (Å²) < 4.78 is 0. The standard InChI is InChI=1S/C47H29N3/c48-30-31-16-18-32(19-17-31)33-20-22-36(23-21-33)40-28-29-43(42-12-4-3-11-41(40)42)47-46(49-44-14-5-6-15-45(44)50-47)37-26-24-35(25-27-37)39-13-7-9-34-8-1-2-10-38(34)39/h1-29H. The largest absolute Gasteiger partial charge is 0.244 e. The minimum absolute atomic E-state index is 0.661. The molecule has 0 radical (unpaired) electrons. The molecule has 0 aliphatic heterocycles. The molecule has 0 saturated heterocycles. The van der Waals surface area contributed by atoms with Gasteiger partial charge in [0.1, 0.15) is 0 Å². The summed E-state index contributed by atoms with van der Waals surface area (Å²) in [6.07, 6.45) is 0. The first-order chi connectivity index (χ1) is 24.7. The highest BCUT2D eigenvalue weighted by atomic mass is 14.8. The monoisotopic (exact) mass is 635 g/mol. The minimum Gasteiger partial charge on any atom is -0.244 e. The van der Waals surface area contributed by atoms with E-state index in [0.29, 0.717) is 5.56 Å². The lowest BCUT2D eigenvalue weighted by atomic mass is 9.91. The molecule has 0 N–H and O–H groups in total. The smallest absolute Gasteiger partial charge is 0.0991 e. The van der Waals surface area contributed by atoms with E-state index < -0.39 is 0 Å². The van der Waals surface area contributed by atoms with Gasteiger partial charge in [0.15, 0.2) is 0 Å². The third-order valence-corrected chi connectivity index (χ3v) is 9.55. The van der Waals surface area contributed by atoms with Crippen LogP contribution < -0.4 is 0 Å². The quantitative estimate of drug-likeness (QED) is 0.189. The maximum atomic E-state index is 9.18. The maximum Gasteiger partial charge on any atom is 0.0991 e. The lowest BCUT2D eigenvalue weighted by Gasteiger charge is -2.16. The van der Waals surface area contributed by atoms with Crippen molar-refractivity contribution in [3.63, 3.8) is 0 Å². The van der Waals surface area contributed by atoms with Gasteiger partial charge in [-0.15, -0.1) is 0 Å². The molecule has 0 aliphatic rings. The first-order valence-electron chi connectivity index (χ1n) is 16.7. The van der Waals surface area contributed by atoms with E-state index in [4.69, 9.17) is 9.97 Å². The Bertz CT molecular complexity index is 2730. The number of fused-ring (bicyclic) bond motifs is 3. The van der Waals surface area contributed by atoms with Crippen LogP contribution in [0.3, 0.4) is 0 Å². The van der Waals surface area contributed by atoms with Crippen molar-refractivity contribution in [3.05, 3.63) is 181 Å². The fourth-order valence-corrected chi connectivity index (χ4v) is 7.01. The molecule has 0 aliphatic carbocycles. The van der Waals surface area contributed by atoms with Crippen LogP contribution in [0.2, 0.25) is 0 Å². The average molecular weight is 636 g/mol. The second-order valence-corrected chi connectivity index (χ2v) is 12.5. The third-order valence-electron chi connectivity index (χ3n) is 9.55. The van der Waals surface area contributed by atoms with Gasteiger partial charge in [-0.05, 0) is 79.2 Å². The van der Waals surface area contributed by atoms with Gasteiger partial charge in [-0.25, -0.2) is 9.97 Å². The van der Waals surface area contributed by atoms with E-state index in [0.717, 1.165) is 66.6 Å². The van der Waals surface area contributed by atoms with E-state index in [1.807, 2.05) is 48.5 Å². The van der Waals surface area contributed by atoms with Crippen molar-refractivity contribution in [1.82, 2.24) is 9.97 Å². The minimum atomic E-state index is 0.661. The van der Waals surface area contributed by atoms with Crippen molar-refractivity contribution in [2.45, 2.75) is 0 Å². The van der Waals surface area contributed by atoms with Crippen LogP contribution in [0, 0.1) is 11.3 Å². The van der Waals surface area contributed by atoms with Gasteiger partial charge >= 0.3 is 0 Å². The number of hydrogen-bond donors (Lipinski definition) is 0. The number of nitrogens with zero attached hydrogens (tertiary/aromatic N) is 3. The first-order valence-corrected chi connectivity index (χ1v) is 16.7. The van der Waals surface area contributed by atoms with Gasteiger partial charge in [0.05, 0.1) is 34.1 Å². The number of hydrogen-bond acceptors (Lipinski definition) is 3. The van der Waals surface area contributed by atoms with Crippen molar-refractivity contribution < 1.29 is 0 Å². The van der Waals surface area contributed by atoms with Gasteiger partial charge in [-0.2, -0.15) is 5.26 Å². The van der Waals surface area contributed by atoms with Crippen LogP contribution in [-0.4, -0.2) is 9.97 Å². The second-order valence-electron chi connectivity index (χ2n) is 12.5. The molecule has 0 bridgehead atoms. The predicted octanol–water partition coefficient (Wildman–Crippen LogP) is 12.1. The van der Waals surface area contributed by atoms with Crippen LogP contribution in [0.15, 0.2) is 176 Å². The summed E-state index contributed by atoms with van der Waals surface area (Å²) in [6, 6.07) is 63.3. The van der Waals surface area contributed by atoms with Crippen molar-refractivity contribution >= 4 is 32.6 Å². The topological polar surface area (TPSA) is 49.6 Å². The Morgan fingerprint density at radius 3 is 1.46 bits per heavy atom. The van der Waals surface area contributed by atoms with Gasteiger partial charge in [-0.3, -0.25) is 0 Å². The normalized spacial score (nSPS) is 11.2. The van der Waals surface area contributed by atoms with E-state index in [9.17, 15) is 5.26 Å². The van der Waals surface area contributed by atoms with Crippen LogP contribution in [0.4, 0.5) is 0 Å². The molecule has 1 heterocycles. The van der Waals surface area contributed by atoms with Gasteiger partial charge in [-0.1, -0.05) is 152 Å². The molecular formula is C47H29N3. The molecule has 3 nitrogen and oxygen atoms in total. The molecular weight excluding hydrogens is 607 g/mol. The molecule has 0 saturated carbocycles. The van der Waals surface area contributed by atoms with Crippen molar-refractivity contribution in [3.8, 4) is 62.0 Å². The molecule has 9 rings (SSSR count). The van der Waals surface area contributed by atoms with Gasteiger partial charge in [0.2, 0.25) is 0 Å². The second kappa shape index (κ2) is 12.3. The highest BCUT2D eigenvalue weighted by Gasteiger charge is 2.18. The summed E-state index contributed by atoms with van der Waals surface area (Å²) in [7, 11) is 0. The lowest BCUT2D eigenvalue weighted by molar-refractivity contribution is 1.30. The summed E-state index contributed by atoms with van der Waals surface area (Å²) in [4.78, 5) is 10.5. The fraction of sp³-hybridized carbons (Fsp3) is 0. The summed E-state index contributed by atoms with van der Waals surface area (Å²) in [5.74, 6) is 0. The van der Waals surface area contributed by atoms with Crippen molar-refractivity contribution in [1.29, 1.82) is 5.26 Å². The molecule has 0 unspecified atom stereocenters. The van der Waals surface area contributed by atoms with E-state index in [1.165, 1.54) is 21.9 Å². The number of rotatable bonds is 5. The van der Waals surface area contributed by atoms with Crippen LogP contribution in [-0.2, 0) is 0 Å². The molecule has 0 fully saturated rings. The van der Waals surface area contributed by atoms with E-state index in [2.05, 4.69) is 133 Å². The Balaban J connectivity index is 1.15. The molecule has 8 aromatic carbocycles. The SMILES string of the molecule is N#Cc1ccc(-c2ccc(-c3ccc(-c4nc5ccccc5nc4-c4ccc(-c5cccc6ccccc56)cc4)c4ccccc34)cc2)cc1. The van der Waals surface area contributed by atoms with Crippen LogP contribution >= 0.6 is 0 Å². The molecule has 50 heavy (non-hydrogen) atoms. The predicted molar refractivity (Wildman–Crippen MR) is 206 cm³/mol. The Kier molecular flexibility index (Phi) is 7.19. The molecule has 9 aromatic rings. The zero-order valence-corrected chi connectivity index (χ0v) is 27.1. The summed E-state index contributed by atoms with van der Waals surface area (Å²) >= 11 is 0. The maximum absolute atomic E-state index is 9.18. The van der Waals surface area contributed by atoms with E-state index in [-0.39, 0.29) is 0 Å². The fourth-order valence-electron chi connectivity index (χ4n) is 7.01. The zero-order valence-electron chi connectivity index (χ0n) is 27.1. The van der Waals surface area contributed by atoms with E-state index in [1.54, 1.807) is 0 Å². The highest BCUT2D eigenvalue weighted by molar-refractivity contribution is 6.06. The molecule has 0 atom stereocenters. The van der Waals surface area contributed by atoms with Gasteiger partial charge < -0.3 is 0 Å². The highest BCUT2D eigenvalue weighted by Crippen LogP contribution is 2.40. The van der Waals surface area contributed by atoms with Crippen LogP contribution in [0.25, 0.3) is 88.5 Å². The molecule has 0 amide bonds. The number of para-hydroxylation sites is 2. The van der Waals surface area contributed by atoms with E-state index >= 15 is 0 Å². The molecule has 0 spiro atoms. The van der Waals surface area contributed by atoms with Gasteiger partial charge in [0, 0.05) is 11.1 Å². The summed E-state index contributed by atoms with van der Waals surface area (Å²) in [5, 5.41) is 13.9. The summed E-state index contributed by atoms with van der Waals surface area (Å²) in [6.45, 7) is 0. The van der Waals surface area contributed by atoms with Crippen molar-refractivity contribution in [2.75, 3.05) is 0 Å². The lowest BCUT2D eigenvalue weighted by Crippen LogP contribution is -1.97. The number of benzene rings is 8. The number of nitriles is 1.